The molecular formula is C19H18FN7O3. The van der Waals surface area contributed by atoms with Gasteiger partial charge in [0, 0.05) is 30.8 Å². The first-order valence-corrected chi connectivity index (χ1v) is 9.17. The van der Waals surface area contributed by atoms with Gasteiger partial charge in [-0.1, -0.05) is 6.07 Å². The van der Waals surface area contributed by atoms with Crippen LogP contribution in [0.4, 0.5) is 14.9 Å². The average molecular weight is 411 g/mol. The molecule has 0 bridgehead atoms. The Balaban J connectivity index is 1.52. The van der Waals surface area contributed by atoms with Gasteiger partial charge in [-0.05, 0) is 41.1 Å². The number of hydrogen-bond acceptors (Lipinski definition) is 7. The van der Waals surface area contributed by atoms with Crippen LogP contribution in [0, 0.1) is 5.82 Å². The third-order valence-electron chi connectivity index (χ3n) is 4.77. The predicted molar refractivity (Wildman–Crippen MR) is 103 cm³/mol. The first-order valence-electron chi connectivity index (χ1n) is 9.17. The lowest BCUT2D eigenvalue weighted by atomic mass is 10.1. The zero-order valence-electron chi connectivity index (χ0n) is 16.0. The Morgan fingerprint density at radius 1 is 1.33 bits per heavy atom. The van der Waals surface area contributed by atoms with Crippen LogP contribution in [0.3, 0.4) is 0 Å². The SMILES string of the molecule is Cn1nnnc1-c1ccc(-c2ccc(N3CC(CCC(N)=O)OC3=O)cc2F)cn1. The maximum Gasteiger partial charge on any atom is 0.414 e. The van der Waals surface area contributed by atoms with Crippen LogP contribution >= 0.6 is 0 Å². The minimum Gasteiger partial charge on any atom is -0.444 e. The number of rotatable bonds is 6. The van der Waals surface area contributed by atoms with E-state index in [9.17, 15) is 14.0 Å². The Labute approximate surface area is 170 Å². The molecule has 0 spiro atoms. The zero-order valence-corrected chi connectivity index (χ0v) is 16.0. The molecule has 3 aromatic rings. The molecule has 0 radical (unpaired) electrons. The Kier molecular flexibility index (Phi) is 5.09. The van der Waals surface area contributed by atoms with Gasteiger partial charge in [-0.25, -0.2) is 13.9 Å². The van der Waals surface area contributed by atoms with Crippen LogP contribution < -0.4 is 10.6 Å². The Hall–Kier alpha value is -3.89. The molecular weight excluding hydrogens is 393 g/mol. The van der Waals surface area contributed by atoms with E-state index >= 15 is 0 Å². The minimum absolute atomic E-state index is 0.118. The van der Waals surface area contributed by atoms with Crippen molar-refractivity contribution in [3.63, 3.8) is 0 Å². The highest BCUT2D eigenvalue weighted by atomic mass is 19.1. The smallest absolute Gasteiger partial charge is 0.414 e. The van der Waals surface area contributed by atoms with Crippen molar-refractivity contribution in [1.82, 2.24) is 25.2 Å². The molecule has 10 nitrogen and oxygen atoms in total. The van der Waals surface area contributed by atoms with Crippen molar-refractivity contribution in [2.45, 2.75) is 18.9 Å². The lowest BCUT2D eigenvalue weighted by Gasteiger charge is -2.14. The number of ether oxygens (including phenoxy) is 1. The number of nitrogens with zero attached hydrogens (tertiary/aromatic N) is 6. The highest BCUT2D eigenvalue weighted by Gasteiger charge is 2.32. The molecule has 2 aromatic heterocycles. The van der Waals surface area contributed by atoms with Crippen molar-refractivity contribution >= 4 is 17.7 Å². The number of nitrogens with two attached hydrogens (primary N) is 1. The molecule has 3 heterocycles. The highest BCUT2D eigenvalue weighted by Crippen LogP contribution is 2.30. The molecule has 0 aliphatic carbocycles. The summed E-state index contributed by atoms with van der Waals surface area (Å²) in [7, 11) is 1.70. The number of tetrazole rings is 1. The fourth-order valence-corrected chi connectivity index (χ4v) is 3.22. The van der Waals surface area contributed by atoms with Crippen molar-refractivity contribution < 1.29 is 18.7 Å². The maximum absolute atomic E-state index is 14.8. The number of pyridine rings is 1. The highest BCUT2D eigenvalue weighted by molar-refractivity contribution is 5.90. The molecule has 1 unspecified atom stereocenters. The molecule has 2 N–H and O–H groups in total. The van der Waals surface area contributed by atoms with E-state index in [1.807, 2.05) is 0 Å². The summed E-state index contributed by atoms with van der Waals surface area (Å²) in [5.74, 6) is -0.471. The summed E-state index contributed by atoms with van der Waals surface area (Å²) >= 11 is 0. The Bertz CT molecular complexity index is 1100. The summed E-state index contributed by atoms with van der Waals surface area (Å²) in [4.78, 5) is 28.7. The van der Waals surface area contributed by atoms with E-state index in [1.54, 1.807) is 31.3 Å². The number of carbonyl (C=O) groups excluding carboxylic acids is 2. The van der Waals surface area contributed by atoms with E-state index in [4.69, 9.17) is 10.5 Å². The molecule has 1 saturated heterocycles. The van der Waals surface area contributed by atoms with Crippen molar-refractivity contribution in [3.05, 3.63) is 42.3 Å². The van der Waals surface area contributed by atoms with E-state index < -0.39 is 23.9 Å². The zero-order chi connectivity index (χ0) is 21.3. The van der Waals surface area contributed by atoms with Crippen molar-refractivity contribution in [1.29, 1.82) is 0 Å². The second kappa shape index (κ2) is 7.85. The number of aromatic nitrogens is 5. The molecule has 1 aliphatic rings. The van der Waals surface area contributed by atoms with Gasteiger partial charge in [0.25, 0.3) is 0 Å². The number of hydrogen-bond donors (Lipinski definition) is 1. The second-order valence-electron chi connectivity index (χ2n) is 6.84. The molecule has 11 heteroatoms. The molecule has 1 atom stereocenters. The predicted octanol–water partition coefficient (Wildman–Crippen LogP) is 1.67. The number of carbonyl (C=O) groups is 2. The van der Waals surface area contributed by atoms with Crippen LogP contribution in [-0.2, 0) is 16.6 Å². The third-order valence-corrected chi connectivity index (χ3v) is 4.77. The topological polar surface area (TPSA) is 129 Å². The van der Waals surface area contributed by atoms with Gasteiger partial charge < -0.3 is 10.5 Å². The molecule has 1 fully saturated rings. The van der Waals surface area contributed by atoms with Crippen LogP contribution in [-0.4, -0.2) is 49.8 Å². The van der Waals surface area contributed by atoms with E-state index in [0.717, 1.165) is 0 Å². The van der Waals surface area contributed by atoms with E-state index in [2.05, 4.69) is 20.5 Å². The quantitative estimate of drug-likeness (QED) is 0.653. The normalized spacial score (nSPS) is 16.0. The number of primary amides is 1. The van der Waals surface area contributed by atoms with Crippen molar-refractivity contribution in [3.8, 4) is 22.6 Å². The van der Waals surface area contributed by atoms with Gasteiger partial charge in [-0.15, -0.1) is 5.10 Å². The summed E-state index contributed by atoms with van der Waals surface area (Å²) in [6, 6.07) is 7.91. The molecule has 0 saturated carbocycles. The van der Waals surface area contributed by atoms with Gasteiger partial charge in [0.05, 0.1) is 12.2 Å². The summed E-state index contributed by atoms with van der Waals surface area (Å²) < 4.78 is 21.5. The molecule has 30 heavy (non-hydrogen) atoms. The fourth-order valence-electron chi connectivity index (χ4n) is 3.22. The van der Waals surface area contributed by atoms with Gasteiger partial charge >= 0.3 is 6.09 Å². The lowest BCUT2D eigenvalue weighted by molar-refractivity contribution is -0.118. The van der Waals surface area contributed by atoms with Gasteiger partial charge in [0.2, 0.25) is 5.91 Å². The van der Waals surface area contributed by atoms with Gasteiger partial charge in [0.15, 0.2) is 5.82 Å². The molecule has 1 aliphatic heterocycles. The molecule has 4 rings (SSSR count). The van der Waals surface area contributed by atoms with Gasteiger partial charge in [-0.2, -0.15) is 0 Å². The molecule has 1 aromatic carbocycles. The largest absolute Gasteiger partial charge is 0.444 e. The summed E-state index contributed by atoms with van der Waals surface area (Å²) in [5.41, 5.74) is 6.97. The first kappa shape index (κ1) is 19.4. The fraction of sp³-hybridized carbons (Fsp3) is 0.263. The second-order valence-corrected chi connectivity index (χ2v) is 6.84. The summed E-state index contributed by atoms with van der Waals surface area (Å²) in [6.45, 7) is 0.229. The monoisotopic (exact) mass is 411 g/mol. The summed E-state index contributed by atoms with van der Waals surface area (Å²) in [6.07, 6.45) is 0.940. The Morgan fingerprint density at radius 3 is 2.80 bits per heavy atom. The average Bonchev–Trinajstić information content (AvgIpc) is 3.32. The lowest BCUT2D eigenvalue weighted by Crippen LogP contribution is -2.25. The first-order chi connectivity index (χ1) is 14.4. The van der Waals surface area contributed by atoms with Crippen molar-refractivity contribution in [2.75, 3.05) is 11.4 Å². The number of amides is 2. The van der Waals surface area contributed by atoms with Crippen LogP contribution in [0.5, 0.6) is 0 Å². The van der Waals surface area contributed by atoms with E-state index in [0.29, 0.717) is 34.8 Å². The van der Waals surface area contributed by atoms with Gasteiger partial charge in [-0.3, -0.25) is 14.7 Å². The third kappa shape index (κ3) is 3.81. The van der Waals surface area contributed by atoms with Gasteiger partial charge in [0.1, 0.15) is 17.6 Å². The standard InChI is InChI=1S/C19H18FN7O3/c1-26-18(23-24-25-26)16-6-2-11(9-22-16)14-5-3-12(8-15(14)20)27-10-13(30-19(27)29)4-7-17(21)28/h2-3,5-6,8-9,13H,4,7,10H2,1H3,(H2,21,28). The van der Waals surface area contributed by atoms with Crippen LogP contribution in [0.15, 0.2) is 36.5 Å². The van der Waals surface area contributed by atoms with Crippen LogP contribution in [0.1, 0.15) is 12.8 Å². The summed E-state index contributed by atoms with van der Waals surface area (Å²) in [5, 5.41) is 11.2. The number of benzene rings is 1. The van der Waals surface area contributed by atoms with Crippen LogP contribution in [0.2, 0.25) is 0 Å². The van der Waals surface area contributed by atoms with Crippen molar-refractivity contribution in [2.24, 2.45) is 12.8 Å². The number of anilines is 1. The molecule has 154 valence electrons. The van der Waals surface area contributed by atoms with E-state index in [-0.39, 0.29) is 13.0 Å². The minimum atomic E-state index is -0.583. The Morgan fingerprint density at radius 2 is 2.17 bits per heavy atom. The maximum atomic E-state index is 14.8. The van der Waals surface area contributed by atoms with Crippen LogP contribution in [0.25, 0.3) is 22.6 Å². The number of cyclic esters (lactones) is 1. The number of halogens is 1. The molecule has 2 amide bonds. The van der Waals surface area contributed by atoms with E-state index in [1.165, 1.54) is 21.8 Å². The number of aryl methyl sites for hydroxylation is 1.